The highest BCUT2D eigenvalue weighted by atomic mass is 35.7. The number of halogens is 1. The SMILES string of the molecule is Cc1cc2c(c(S(=O)(=O)Cl)c1)CCC2=O. The molecular formula is C10H9ClO3S. The monoisotopic (exact) mass is 244 g/mol. The Balaban J connectivity index is 2.79. The van der Waals surface area contributed by atoms with Crippen molar-refractivity contribution in [1.29, 1.82) is 0 Å². The molecule has 15 heavy (non-hydrogen) atoms. The molecular weight excluding hydrogens is 236 g/mol. The molecule has 1 aromatic rings. The van der Waals surface area contributed by atoms with Crippen LogP contribution in [-0.4, -0.2) is 14.2 Å². The minimum atomic E-state index is -3.75. The number of benzene rings is 1. The van der Waals surface area contributed by atoms with Gasteiger partial charge in [0.25, 0.3) is 9.05 Å². The van der Waals surface area contributed by atoms with Crippen LogP contribution in [0.25, 0.3) is 0 Å². The average molecular weight is 245 g/mol. The maximum Gasteiger partial charge on any atom is 0.261 e. The number of hydrogen-bond donors (Lipinski definition) is 0. The second kappa shape index (κ2) is 3.32. The van der Waals surface area contributed by atoms with E-state index < -0.39 is 9.05 Å². The van der Waals surface area contributed by atoms with Crippen LogP contribution in [0.4, 0.5) is 0 Å². The minimum Gasteiger partial charge on any atom is -0.294 e. The number of rotatable bonds is 1. The summed E-state index contributed by atoms with van der Waals surface area (Å²) in [6, 6.07) is 3.23. The van der Waals surface area contributed by atoms with Gasteiger partial charge in [0.05, 0.1) is 4.90 Å². The van der Waals surface area contributed by atoms with Crippen LogP contribution < -0.4 is 0 Å². The summed E-state index contributed by atoms with van der Waals surface area (Å²) in [5.74, 6) is -0.00438. The van der Waals surface area contributed by atoms with Gasteiger partial charge in [-0.2, -0.15) is 0 Å². The molecule has 0 saturated heterocycles. The summed E-state index contributed by atoms with van der Waals surface area (Å²) >= 11 is 0. The van der Waals surface area contributed by atoms with E-state index in [4.69, 9.17) is 10.7 Å². The highest BCUT2D eigenvalue weighted by Gasteiger charge is 2.27. The fourth-order valence-corrected chi connectivity index (χ4v) is 3.13. The van der Waals surface area contributed by atoms with E-state index in [1.807, 2.05) is 0 Å². The first-order valence-corrected chi connectivity index (χ1v) is 6.82. The molecule has 0 saturated carbocycles. The Kier molecular flexibility index (Phi) is 2.35. The van der Waals surface area contributed by atoms with Crippen LogP contribution in [0, 0.1) is 6.92 Å². The molecule has 0 fully saturated rings. The van der Waals surface area contributed by atoms with Crippen LogP contribution in [0.15, 0.2) is 17.0 Å². The molecule has 0 heterocycles. The van der Waals surface area contributed by atoms with Gasteiger partial charge in [0.15, 0.2) is 5.78 Å². The van der Waals surface area contributed by atoms with Crippen molar-refractivity contribution in [2.75, 3.05) is 0 Å². The van der Waals surface area contributed by atoms with Crippen molar-refractivity contribution < 1.29 is 13.2 Å². The average Bonchev–Trinajstić information content (AvgIpc) is 2.45. The molecule has 0 radical (unpaired) electrons. The van der Waals surface area contributed by atoms with Gasteiger partial charge >= 0.3 is 0 Å². The molecule has 0 amide bonds. The van der Waals surface area contributed by atoms with E-state index in [1.54, 1.807) is 13.0 Å². The van der Waals surface area contributed by atoms with Crippen molar-refractivity contribution in [3.8, 4) is 0 Å². The topological polar surface area (TPSA) is 51.2 Å². The van der Waals surface area contributed by atoms with Crippen LogP contribution in [-0.2, 0) is 15.5 Å². The molecule has 0 bridgehead atoms. The molecule has 3 nitrogen and oxygen atoms in total. The van der Waals surface area contributed by atoms with Crippen LogP contribution in [0.3, 0.4) is 0 Å². The Bertz CT molecular complexity index is 546. The Morgan fingerprint density at radius 3 is 2.53 bits per heavy atom. The van der Waals surface area contributed by atoms with E-state index in [0.717, 1.165) is 5.56 Å². The predicted octanol–water partition coefficient (Wildman–Crippen LogP) is 2.05. The first kappa shape index (κ1) is 10.6. The zero-order valence-corrected chi connectivity index (χ0v) is 9.65. The third-order valence-electron chi connectivity index (χ3n) is 2.52. The van der Waals surface area contributed by atoms with Gasteiger partial charge in [0, 0.05) is 22.7 Å². The van der Waals surface area contributed by atoms with Gasteiger partial charge in [-0.15, -0.1) is 0 Å². The van der Waals surface area contributed by atoms with Crippen LogP contribution >= 0.6 is 10.7 Å². The summed E-state index contributed by atoms with van der Waals surface area (Å²) in [6.07, 6.45) is 0.841. The highest BCUT2D eigenvalue weighted by molar-refractivity contribution is 8.13. The molecule has 0 N–H and O–H groups in total. The number of carbonyl (C=O) groups excluding carboxylic acids is 1. The summed E-state index contributed by atoms with van der Waals surface area (Å²) in [5.41, 5.74) is 1.82. The molecule has 0 aliphatic heterocycles. The lowest BCUT2D eigenvalue weighted by Gasteiger charge is -2.05. The molecule has 80 valence electrons. The molecule has 5 heteroatoms. The van der Waals surface area contributed by atoms with Gasteiger partial charge in [-0.3, -0.25) is 4.79 Å². The lowest BCUT2D eigenvalue weighted by atomic mass is 10.1. The zero-order chi connectivity index (χ0) is 11.2. The second-order valence-electron chi connectivity index (χ2n) is 3.65. The normalized spacial score (nSPS) is 15.5. The third kappa shape index (κ3) is 1.79. The standard InChI is InChI=1S/C10H9ClO3S/c1-6-4-8-7(2-3-9(8)12)10(5-6)15(11,13)14/h4-5H,2-3H2,1H3. The summed E-state index contributed by atoms with van der Waals surface area (Å²) < 4.78 is 22.6. The first-order valence-electron chi connectivity index (χ1n) is 4.51. The lowest BCUT2D eigenvalue weighted by Crippen LogP contribution is -2.00. The third-order valence-corrected chi connectivity index (χ3v) is 3.91. The Morgan fingerprint density at radius 2 is 1.93 bits per heavy atom. The van der Waals surface area contributed by atoms with Gasteiger partial charge in [0.1, 0.15) is 0 Å². The number of aryl methyl sites for hydroxylation is 1. The molecule has 1 aliphatic rings. The van der Waals surface area contributed by atoms with Crippen molar-refractivity contribution in [3.05, 3.63) is 28.8 Å². The van der Waals surface area contributed by atoms with E-state index >= 15 is 0 Å². The quantitative estimate of drug-likeness (QED) is 0.711. The van der Waals surface area contributed by atoms with E-state index in [-0.39, 0.29) is 10.7 Å². The predicted molar refractivity (Wildman–Crippen MR) is 56.9 cm³/mol. The molecule has 0 atom stereocenters. The van der Waals surface area contributed by atoms with Gasteiger partial charge in [-0.25, -0.2) is 8.42 Å². The summed E-state index contributed by atoms with van der Waals surface area (Å²) in [6.45, 7) is 1.75. The van der Waals surface area contributed by atoms with Gasteiger partial charge in [0.2, 0.25) is 0 Å². The highest BCUT2D eigenvalue weighted by Crippen LogP contribution is 2.31. The van der Waals surface area contributed by atoms with E-state index in [1.165, 1.54) is 6.07 Å². The van der Waals surface area contributed by atoms with Crippen molar-refractivity contribution in [3.63, 3.8) is 0 Å². The molecule has 0 aromatic heterocycles. The van der Waals surface area contributed by atoms with Gasteiger partial charge in [-0.1, -0.05) is 0 Å². The fraction of sp³-hybridized carbons (Fsp3) is 0.300. The van der Waals surface area contributed by atoms with Gasteiger partial charge in [-0.05, 0) is 36.6 Å². The van der Waals surface area contributed by atoms with Crippen molar-refractivity contribution in [2.24, 2.45) is 0 Å². The molecule has 0 spiro atoms. The van der Waals surface area contributed by atoms with Gasteiger partial charge < -0.3 is 0 Å². The van der Waals surface area contributed by atoms with Crippen molar-refractivity contribution in [1.82, 2.24) is 0 Å². The Hall–Kier alpha value is -0.870. The maximum absolute atomic E-state index is 11.5. The first-order chi connectivity index (χ1) is 6.89. The molecule has 2 rings (SSSR count). The molecule has 1 aromatic carbocycles. The van der Waals surface area contributed by atoms with E-state index in [0.29, 0.717) is 24.0 Å². The van der Waals surface area contributed by atoms with E-state index in [9.17, 15) is 13.2 Å². The molecule has 0 unspecified atom stereocenters. The van der Waals surface area contributed by atoms with E-state index in [2.05, 4.69) is 0 Å². The van der Waals surface area contributed by atoms with Crippen molar-refractivity contribution >= 4 is 25.5 Å². The number of Topliss-reactive ketones (excluding diaryl/α,β-unsaturated/α-hetero) is 1. The smallest absolute Gasteiger partial charge is 0.261 e. The molecule has 1 aliphatic carbocycles. The number of hydrogen-bond acceptors (Lipinski definition) is 3. The van der Waals surface area contributed by atoms with Crippen LogP contribution in [0.5, 0.6) is 0 Å². The summed E-state index contributed by atoms with van der Waals surface area (Å²) in [7, 11) is 1.57. The lowest BCUT2D eigenvalue weighted by molar-refractivity contribution is 0.0994. The Labute approximate surface area is 92.5 Å². The summed E-state index contributed by atoms with van der Waals surface area (Å²) in [5, 5.41) is 0. The minimum absolute atomic E-state index is 0.00438. The second-order valence-corrected chi connectivity index (χ2v) is 6.18. The fourth-order valence-electron chi connectivity index (χ4n) is 1.88. The Morgan fingerprint density at radius 1 is 1.27 bits per heavy atom. The zero-order valence-electron chi connectivity index (χ0n) is 8.08. The summed E-state index contributed by atoms with van der Waals surface area (Å²) in [4.78, 5) is 11.5. The number of fused-ring (bicyclic) bond motifs is 1. The number of carbonyl (C=O) groups is 1. The van der Waals surface area contributed by atoms with Crippen LogP contribution in [0.1, 0.15) is 27.9 Å². The van der Waals surface area contributed by atoms with Crippen LogP contribution in [0.2, 0.25) is 0 Å². The van der Waals surface area contributed by atoms with Crippen molar-refractivity contribution in [2.45, 2.75) is 24.7 Å². The maximum atomic E-state index is 11.5. The largest absolute Gasteiger partial charge is 0.294 e. The number of ketones is 1.